The third-order valence-electron chi connectivity index (χ3n) is 3.67. The standard InChI is InChI=1S/C14H30N2O/c1-5-13(6-2)12(4)16-14(17)8-7-11(3)9-10-15/h11-13H,5-10,15H2,1-4H3,(H,16,17). The lowest BCUT2D eigenvalue weighted by atomic mass is 9.95. The molecule has 0 saturated carbocycles. The van der Waals surface area contributed by atoms with Crippen LogP contribution in [0.4, 0.5) is 0 Å². The number of hydrogen-bond acceptors (Lipinski definition) is 2. The number of amides is 1. The van der Waals surface area contributed by atoms with Crippen LogP contribution >= 0.6 is 0 Å². The first-order chi connectivity index (χ1) is 8.04. The summed E-state index contributed by atoms with van der Waals surface area (Å²) in [5, 5.41) is 3.11. The maximum Gasteiger partial charge on any atom is 0.220 e. The number of nitrogens with two attached hydrogens (primary N) is 1. The van der Waals surface area contributed by atoms with Crippen LogP contribution in [-0.4, -0.2) is 18.5 Å². The lowest BCUT2D eigenvalue weighted by Gasteiger charge is -2.22. The lowest BCUT2D eigenvalue weighted by Crippen LogP contribution is -2.37. The first kappa shape index (κ1) is 16.4. The fourth-order valence-corrected chi connectivity index (χ4v) is 2.25. The molecule has 3 heteroatoms. The van der Waals surface area contributed by atoms with E-state index in [1.807, 2.05) is 0 Å². The highest BCUT2D eigenvalue weighted by atomic mass is 16.1. The summed E-state index contributed by atoms with van der Waals surface area (Å²) in [7, 11) is 0. The van der Waals surface area contributed by atoms with E-state index in [0.717, 1.165) is 25.7 Å². The Kier molecular flexibility index (Phi) is 9.14. The molecule has 102 valence electrons. The van der Waals surface area contributed by atoms with Gasteiger partial charge in [-0.15, -0.1) is 0 Å². The molecule has 3 nitrogen and oxygen atoms in total. The summed E-state index contributed by atoms with van der Waals surface area (Å²) in [5.41, 5.74) is 5.49. The third-order valence-corrected chi connectivity index (χ3v) is 3.67. The van der Waals surface area contributed by atoms with Crippen molar-refractivity contribution in [2.24, 2.45) is 17.6 Å². The predicted octanol–water partition coefficient (Wildman–Crippen LogP) is 2.69. The predicted molar refractivity (Wildman–Crippen MR) is 73.7 cm³/mol. The first-order valence-electron chi connectivity index (χ1n) is 7.04. The van der Waals surface area contributed by atoms with Crippen molar-refractivity contribution in [1.29, 1.82) is 0 Å². The zero-order valence-corrected chi connectivity index (χ0v) is 12.0. The zero-order valence-electron chi connectivity index (χ0n) is 12.0. The van der Waals surface area contributed by atoms with Crippen LogP contribution in [0, 0.1) is 11.8 Å². The second-order valence-electron chi connectivity index (χ2n) is 5.15. The highest BCUT2D eigenvalue weighted by Gasteiger charge is 2.15. The third kappa shape index (κ3) is 7.37. The summed E-state index contributed by atoms with van der Waals surface area (Å²) in [6, 6.07) is 0.294. The van der Waals surface area contributed by atoms with E-state index < -0.39 is 0 Å². The van der Waals surface area contributed by atoms with Crippen molar-refractivity contribution in [3.8, 4) is 0 Å². The van der Waals surface area contributed by atoms with Gasteiger partial charge in [0.2, 0.25) is 5.91 Å². The normalized spacial score (nSPS) is 14.7. The fourth-order valence-electron chi connectivity index (χ4n) is 2.25. The van der Waals surface area contributed by atoms with Crippen LogP contribution in [0.3, 0.4) is 0 Å². The minimum absolute atomic E-state index is 0.188. The van der Waals surface area contributed by atoms with Gasteiger partial charge in [0.25, 0.3) is 0 Å². The molecule has 0 aliphatic rings. The van der Waals surface area contributed by atoms with Gasteiger partial charge in [0.05, 0.1) is 0 Å². The molecule has 0 rings (SSSR count). The van der Waals surface area contributed by atoms with E-state index >= 15 is 0 Å². The van der Waals surface area contributed by atoms with Gasteiger partial charge in [-0.2, -0.15) is 0 Å². The highest BCUT2D eigenvalue weighted by molar-refractivity contribution is 5.76. The van der Waals surface area contributed by atoms with E-state index in [0.29, 0.717) is 30.8 Å². The second-order valence-corrected chi connectivity index (χ2v) is 5.15. The summed E-state index contributed by atoms with van der Waals surface area (Å²) in [6.07, 6.45) is 4.84. The summed E-state index contributed by atoms with van der Waals surface area (Å²) < 4.78 is 0. The van der Waals surface area contributed by atoms with Crippen molar-refractivity contribution >= 4 is 5.91 Å². The smallest absolute Gasteiger partial charge is 0.220 e. The largest absolute Gasteiger partial charge is 0.353 e. The van der Waals surface area contributed by atoms with Gasteiger partial charge >= 0.3 is 0 Å². The highest BCUT2D eigenvalue weighted by Crippen LogP contribution is 2.13. The Balaban J connectivity index is 3.85. The molecule has 3 N–H and O–H groups in total. The molecule has 0 aromatic carbocycles. The van der Waals surface area contributed by atoms with Crippen molar-refractivity contribution in [1.82, 2.24) is 5.32 Å². The molecule has 0 fully saturated rings. The average molecular weight is 242 g/mol. The molecule has 17 heavy (non-hydrogen) atoms. The van der Waals surface area contributed by atoms with Crippen LogP contribution < -0.4 is 11.1 Å². The molecule has 0 saturated heterocycles. The molecule has 0 aromatic heterocycles. The molecule has 0 bridgehead atoms. The van der Waals surface area contributed by atoms with Crippen LogP contribution in [0.2, 0.25) is 0 Å². The first-order valence-corrected chi connectivity index (χ1v) is 7.04. The van der Waals surface area contributed by atoms with Gasteiger partial charge in [0.1, 0.15) is 0 Å². The summed E-state index contributed by atoms with van der Waals surface area (Å²) in [5.74, 6) is 1.34. The van der Waals surface area contributed by atoms with Gasteiger partial charge in [-0.05, 0) is 38.1 Å². The van der Waals surface area contributed by atoms with Gasteiger partial charge in [-0.25, -0.2) is 0 Å². The van der Waals surface area contributed by atoms with Crippen LogP contribution in [0.15, 0.2) is 0 Å². The Morgan fingerprint density at radius 2 is 1.76 bits per heavy atom. The quantitative estimate of drug-likeness (QED) is 0.653. The molecular formula is C14H30N2O. The molecule has 2 atom stereocenters. The van der Waals surface area contributed by atoms with Gasteiger partial charge in [-0.3, -0.25) is 4.79 Å². The van der Waals surface area contributed by atoms with E-state index in [-0.39, 0.29) is 5.91 Å². The minimum Gasteiger partial charge on any atom is -0.353 e. The molecule has 1 amide bonds. The van der Waals surface area contributed by atoms with Crippen molar-refractivity contribution < 1.29 is 4.79 Å². The lowest BCUT2D eigenvalue weighted by molar-refractivity contribution is -0.122. The molecule has 2 unspecified atom stereocenters. The number of nitrogens with one attached hydrogen (secondary N) is 1. The number of carbonyl (C=O) groups excluding carboxylic acids is 1. The minimum atomic E-state index is 0.188. The fraction of sp³-hybridized carbons (Fsp3) is 0.929. The molecule has 0 spiro atoms. The molecule has 0 aliphatic heterocycles. The maximum atomic E-state index is 11.8. The number of rotatable bonds is 9. The van der Waals surface area contributed by atoms with Crippen LogP contribution in [-0.2, 0) is 4.79 Å². The molecular weight excluding hydrogens is 212 g/mol. The van der Waals surface area contributed by atoms with Gasteiger partial charge in [0, 0.05) is 12.5 Å². The van der Waals surface area contributed by atoms with E-state index in [4.69, 9.17) is 5.73 Å². The maximum absolute atomic E-state index is 11.8. The molecule has 0 aliphatic carbocycles. The van der Waals surface area contributed by atoms with E-state index in [9.17, 15) is 4.79 Å². The van der Waals surface area contributed by atoms with Crippen molar-refractivity contribution in [3.63, 3.8) is 0 Å². The van der Waals surface area contributed by atoms with Gasteiger partial charge in [0.15, 0.2) is 0 Å². The Labute approximate surface area is 107 Å². The Hall–Kier alpha value is -0.570. The Morgan fingerprint density at radius 3 is 2.24 bits per heavy atom. The summed E-state index contributed by atoms with van der Waals surface area (Å²) in [4.78, 5) is 11.8. The van der Waals surface area contributed by atoms with Crippen molar-refractivity contribution in [2.75, 3.05) is 6.54 Å². The van der Waals surface area contributed by atoms with E-state index in [1.54, 1.807) is 0 Å². The Bertz CT molecular complexity index is 202. The van der Waals surface area contributed by atoms with Gasteiger partial charge in [-0.1, -0.05) is 33.6 Å². The number of hydrogen-bond donors (Lipinski definition) is 2. The SMILES string of the molecule is CCC(CC)C(C)NC(=O)CCC(C)CCN. The van der Waals surface area contributed by atoms with Crippen LogP contribution in [0.25, 0.3) is 0 Å². The van der Waals surface area contributed by atoms with E-state index in [1.165, 1.54) is 0 Å². The topological polar surface area (TPSA) is 55.1 Å². The zero-order chi connectivity index (χ0) is 13.3. The molecule has 0 aromatic rings. The monoisotopic (exact) mass is 242 g/mol. The van der Waals surface area contributed by atoms with Gasteiger partial charge < -0.3 is 11.1 Å². The Morgan fingerprint density at radius 1 is 1.18 bits per heavy atom. The second kappa shape index (κ2) is 9.46. The van der Waals surface area contributed by atoms with Crippen molar-refractivity contribution in [2.45, 2.75) is 65.8 Å². The average Bonchev–Trinajstić information content (AvgIpc) is 2.28. The van der Waals surface area contributed by atoms with Crippen LogP contribution in [0.5, 0.6) is 0 Å². The summed E-state index contributed by atoms with van der Waals surface area (Å²) >= 11 is 0. The van der Waals surface area contributed by atoms with Crippen LogP contribution in [0.1, 0.15) is 59.8 Å². The summed E-state index contributed by atoms with van der Waals surface area (Å²) in [6.45, 7) is 9.34. The van der Waals surface area contributed by atoms with Crippen molar-refractivity contribution in [3.05, 3.63) is 0 Å². The van der Waals surface area contributed by atoms with E-state index in [2.05, 4.69) is 33.0 Å². The molecule has 0 radical (unpaired) electrons. The molecule has 0 heterocycles. The number of carbonyl (C=O) groups is 1.